The van der Waals surface area contributed by atoms with Gasteiger partial charge in [0.05, 0.1) is 10.5 Å². The minimum Gasteiger partial charge on any atom is -0.449 e. The molecule has 26 heavy (non-hydrogen) atoms. The number of aryl methyl sites for hydroxylation is 2. The van der Waals surface area contributed by atoms with Gasteiger partial charge in [0.2, 0.25) is 5.82 Å². The number of carbonyl (C=O) groups excluding carboxylic acids is 2. The number of nitrogens with one attached hydrogen (secondary N) is 1. The van der Waals surface area contributed by atoms with Gasteiger partial charge in [-0.1, -0.05) is 17.7 Å². The molecular weight excluding hydrogens is 343 g/mol. The smallest absolute Gasteiger partial charge is 0.339 e. The molecule has 7 nitrogen and oxygen atoms in total. The summed E-state index contributed by atoms with van der Waals surface area (Å²) in [5.41, 5.74) is 1.20. The Hall–Kier alpha value is -3.29. The van der Waals surface area contributed by atoms with Crippen LogP contribution in [0.25, 0.3) is 0 Å². The van der Waals surface area contributed by atoms with E-state index >= 15 is 0 Å². The van der Waals surface area contributed by atoms with Crippen molar-refractivity contribution in [3.8, 4) is 0 Å². The number of anilines is 1. The van der Waals surface area contributed by atoms with Crippen LogP contribution in [-0.2, 0) is 9.53 Å². The van der Waals surface area contributed by atoms with Gasteiger partial charge in [0.15, 0.2) is 6.10 Å². The molecule has 0 spiro atoms. The van der Waals surface area contributed by atoms with E-state index in [0.717, 1.165) is 17.7 Å². The molecule has 0 saturated carbocycles. The Bertz CT molecular complexity index is 882. The van der Waals surface area contributed by atoms with Crippen LogP contribution in [0.1, 0.15) is 28.4 Å². The van der Waals surface area contributed by atoms with Gasteiger partial charge in [-0.25, -0.2) is 4.79 Å². The van der Waals surface area contributed by atoms with Gasteiger partial charge in [0.25, 0.3) is 5.91 Å². The van der Waals surface area contributed by atoms with E-state index in [9.17, 15) is 24.1 Å². The van der Waals surface area contributed by atoms with Crippen LogP contribution in [-0.4, -0.2) is 22.9 Å². The van der Waals surface area contributed by atoms with Crippen LogP contribution < -0.4 is 5.32 Å². The van der Waals surface area contributed by atoms with E-state index in [-0.39, 0.29) is 5.69 Å². The number of rotatable bonds is 5. The number of nitrogens with zero attached hydrogens (tertiary/aromatic N) is 1. The van der Waals surface area contributed by atoms with Crippen molar-refractivity contribution in [3.05, 3.63) is 69.0 Å². The number of esters is 1. The summed E-state index contributed by atoms with van der Waals surface area (Å²) < 4.78 is 18.5. The maximum Gasteiger partial charge on any atom is 0.339 e. The molecule has 1 atom stereocenters. The molecule has 136 valence electrons. The summed E-state index contributed by atoms with van der Waals surface area (Å²) in [5.74, 6) is -2.36. The van der Waals surface area contributed by atoms with Gasteiger partial charge in [0, 0.05) is 11.8 Å². The quantitative estimate of drug-likeness (QED) is 0.500. The average molecular weight is 360 g/mol. The molecule has 0 heterocycles. The van der Waals surface area contributed by atoms with Gasteiger partial charge < -0.3 is 10.1 Å². The van der Waals surface area contributed by atoms with Crippen molar-refractivity contribution in [2.75, 3.05) is 5.32 Å². The van der Waals surface area contributed by atoms with Crippen molar-refractivity contribution in [1.82, 2.24) is 0 Å². The second-order valence-corrected chi connectivity index (χ2v) is 5.78. The molecule has 0 radical (unpaired) electrons. The van der Waals surface area contributed by atoms with E-state index < -0.39 is 34.4 Å². The number of ether oxygens (including phenoxy) is 1. The summed E-state index contributed by atoms with van der Waals surface area (Å²) in [6.45, 7) is 4.95. The monoisotopic (exact) mass is 360 g/mol. The Labute approximate surface area is 148 Å². The normalized spacial score (nSPS) is 11.5. The Morgan fingerprint density at radius 2 is 1.88 bits per heavy atom. The van der Waals surface area contributed by atoms with Gasteiger partial charge in [-0.2, -0.15) is 4.39 Å². The second-order valence-electron chi connectivity index (χ2n) is 5.78. The van der Waals surface area contributed by atoms with Crippen molar-refractivity contribution in [2.45, 2.75) is 26.9 Å². The summed E-state index contributed by atoms with van der Waals surface area (Å²) in [7, 11) is 0. The van der Waals surface area contributed by atoms with Crippen molar-refractivity contribution in [3.63, 3.8) is 0 Å². The summed E-state index contributed by atoms with van der Waals surface area (Å²) in [4.78, 5) is 34.2. The zero-order chi connectivity index (χ0) is 19.4. The van der Waals surface area contributed by atoms with Crippen LogP contribution in [0.15, 0.2) is 36.4 Å². The Morgan fingerprint density at radius 3 is 2.54 bits per heavy atom. The molecule has 0 fully saturated rings. The van der Waals surface area contributed by atoms with Crippen LogP contribution in [0.3, 0.4) is 0 Å². The van der Waals surface area contributed by atoms with Crippen molar-refractivity contribution < 1.29 is 23.6 Å². The second kappa shape index (κ2) is 7.73. The number of carbonyl (C=O) groups is 2. The highest BCUT2D eigenvalue weighted by atomic mass is 19.1. The Balaban J connectivity index is 2.08. The van der Waals surface area contributed by atoms with Crippen LogP contribution in [0.5, 0.6) is 0 Å². The number of nitro groups is 1. The largest absolute Gasteiger partial charge is 0.449 e. The summed E-state index contributed by atoms with van der Waals surface area (Å²) in [6.07, 6.45) is -1.15. The first-order valence-electron chi connectivity index (χ1n) is 7.72. The molecular formula is C18H17FN2O5. The zero-order valence-corrected chi connectivity index (χ0v) is 14.4. The van der Waals surface area contributed by atoms with Crippen LogP contribution in [0, 0.1) is 29.8 Å². The molecule has 8 heteroatoms. The van der Waals surface area contributed by atoms with Gasteiger partial charge in [-0.15, -0.1) is 0 Å². The highest BCUT2D eigenvalue weighted by Crippen LogP contribution is 2.22. The first kappa shape index (κ1) is 19.0. The molecule has 2 aromatic carbocycles. The fourth-order valence-corrected chi connectivity index (χ4v) is 2.21. The first-order chi connectivity index (χ1) is 12.2. The van der Waals surface area contributed by atoms with Crippen LogP contribution in [0.4, 0.5) is 15.8 Å². The molecule has 2 aromatic rings. The van der Waals surface area contributed by atoms with E-state index in [1.165, 1.54) is 13.0 Å². The molecule has 0 aliphatic carbocycles. The summed E-state index contributed by atoms with van der Waals surface area (Å²) >= 11 is 0. The van der Waals surface area contributed by atoms with Crippen molar-refractivity contribution >= 4 is 23.3 Å². The lowest BCUT2D eigenvalue weighted by Gasteiger charge is -2.14. The molecule has 0 unspecified atom stereocenters. The van der Waals surface area contributed by atoms with Gasteiger partial charge in [0.1, 0.15) is 0 Å². The summed E-state index contributed by atoms with van der Waals surface area (Å²) in [6, 6.07) is 8.23. The third-order valence-electron chi connectivity index (χ3n) is 3.68. The lowest BCUT2D eigenvalue weighted by atomic mass is 10.1. The molecule has 0 aliphatic rings. The first-order valence-corrected chi connectivity index (χ1v) is 7.72. The number of halogens is 1. The predicted octanol–water partition coefficient (Wildman–Crippen LogP) is 3.53. The molecule has 0 aliphatic heterocycles. The number of amides is 1. The average Bonchev–Trinajstić information content (AvgIpc) is 2.58. The number of nitro benzene ring substituents is 1. The van der Waals surface area contributed by atoms with Crippen LogP contribution >= 0.6 is 0 Å². The van der Waals surface area contributed by atoms with E-state index in [0.29, 0.717) is 11.1 Å². The molecule has 1 N–H and O–H groups in total. The standard InChI is InChI=1S/C18H17FN2O5/c1-10-4-5-11(2)14(8-10)18(23)26-12(3)17(22)20-13-6-7-15(19)16(9-13)21(24)25/h4-9,12H,1-3H3,(H,20,22)/t12-/m0/s1. The van der Waals surface area contributed by atoms with Gasteiger partial charge in [-0.05, 0) is 44.5 Å². The fourth-order valence-electron chi connectivity index (χ4n) is 2.21. The molecule has 1 amide bonds. The third-order valence-corrected chi connectivity index (χ3v) is 3.68. The molecule has 0 bridgehead atoms. The van der Waals surface area contributed by atoms with Crippen molar-refractivity contribution in [2.24, 2.45) is 0 Å². The Kier molecular flexibility index (Phi) is 5.66. The predicted molar refractivity (Wildman–Crippen MR) is 92.5 cm³/mol. The minimum atomic E-state index is -1.15. The highest BCUT2D eigenvalue weighted by molar-refractivity contribution is 5.98. The minimum absolute atomic E-state index is 0.0257. The van der Waals surface area contributed by atoms with E-state index in [4.69, 9.17) is 4.74 Å². The number of hydrogen-bond donors (Lipinski definition) is 1. The topological polar surface area (TPSA) is 98.5 Å². The van der Waals surface area contributed by atoms with Crippen LogP contribution in [0.2, 0.25) is 0 Å². The van der Waals surface area contributed by atoms with Gasteiger partial charge >= 0.3 is 11.7 Å². The number of hydrogen-bond acceptors (Lipinski definition) is 5. The van der Waals surface area contributed by atoms with Gasteiger partial charge in [-0.3, -0.25) is 14.9 Å². The Morgan fingerprint density at radius 1 is 1.19 bits per heavy atom. The lowest BCUT2D eigenvalue weighted by Crippen LogP contribution is -2.30. The molecule has 2 rings (SSSR count). The molecule has 0 aromatic heterocycles. The van der Waals surface area contributed by atoms with E-state index in [2.05, 4.69) is 5.32 Å². The van der Waals surface area contributed by atoms with E-state index in [1.54, 1.807) is 19.1 Å². The maximum atomic E-state index is 13.3. The highest BCUT2D eigenvalue weighted by Gasteiger charge is 2.22. The lowest BCUT2D eigenvalue weighted by molar-refractivity contribution is -0.387. The summed E-state index contributed by atoms with van der Waals surface area (Å²) in [5, 5.41) is 13.1. The SMILES string of the molecule is Cc1ccc(C)c(C(=O)O[C@@H](C)C(=O)Nc2ccc(F)c([N+](=O)[O-])c2)c1. The maximum absolute atomic E-state index is 13.3. The third kappa shape index (κ3) is 4.41. The fraction of sp³-hybridized carbons (Fsp3) is 0.222. The van der Waals surface area contributed by atoms with Crippen molar-refractivity contribution in [1.29, 1.82) is 0 Å². The number of benzene rings is 2. The van der Waals surface area contributed by atoms with E-state index in [1.807, 2.05) is 13.0 Å². The zero-order valence-electron chi connectivity index (χ0n) is 14.4. The molecule has 0 saturated heterocycles.